The van der Waals surface area contributed by atoms with Gasteiger partial charge in [-0.2, -0.15) is 5.10 Å². The van der Waals surface area contributed by atoms with Crippen molar-refractivity contribution in [3.8, 4) is 11.6 Å². The Hall–Kier alpha value is -2.92. The molecule has 0 saturated carbocycles. The number of hydrogen-bond donors (Lipinski definition) is 1. The lowest BCUT2D eigenvalue weighted by Crippen LogP contribution is -1.90. The zero-order valence-corrected chi connectivity index (χ0v) is 14.2. The first-order valence-electron chi connectivity index (χ1n) is 8.21. The molecule has 0 saturated heterocycles. The van der Waals surface area contributed by atoms with E-state index in [0.717, 1.165) is 34.5 Å². The Morgan fingerprint density at radius 1 is 1.08 bits per heavy atom. The minimum atomic E-state index is 0.401. The van der Waals surface area contributed by atoms with Crippen molar-refractivity contribution in [3.05, 3.63) is 71.1 Å². The van der Waals surface area contributed by atoms with Crippen LogP contribution in [0.3, 0.4) is 0 Å². The first kappa shape index (κ1) is 15.6. The molecule has 0 spiro atoms. The van der Waals surface area contributed by atoms with Crippen LogP contribution in [0.5, 0.6) is 0 Å². The summed E-state index contributed by atoms with van der Waals surface area (Å²) in [6, 6.07) is 16.6. The third-order valence-electron chi connectivity index (χ3n) is 4.28. The van der Waals surface area contributed by atoms with Crippen molar-refractivity contribution in [2.45, 2.75) is 20.0 Å². The van der Waals surface area contributed by atoms with E-state index in [4.69, 9.17) is 9.15 Å². The Labute approximate surface area is 145 Å². The van der Waals surface area contributed by atoms with E-state index in [1.807, 2.05) is 25.1 Å². The fourth-order valence-corrected chi connectivity index (χ4v) is 3.06. The summed E-state index contributed by atoms with van der Waals surface area (Å²) < 4.78 is 11.1. The van der Waals surface area contributed by atoms with Gasteiger partial charge in [0.1, 0.15) is 6.61 Å². The van der Waals surface area contributed by atoms with Gasteiger partial charge in [-0.1, -0.05) is 42.5 Å². The minimum Gasteiger partial charge on any atom is -0.437 e. The molecule has 2 aromatic heterocycles. The largest absolute Gasteiger partial charge is 0.437 e. The van der Waals surface area contributed by atoms with Crippen LogP contribution in [0.2, 0.25) is 0 Å². The van der Waals surface area contributed by atoms with Crippen LogP contribution in [0, 0.1) is 6.92 Å². The van der Waals surface area contributed by atoms with Crippen LogP contribution >= 0.6 is 0 Å². The van der Waals surface area contributed by atoms with Crippen LogP contribution in [0.4, 0.5) is 0 Å². The predicted molar refractivity (Wildman–Crippen MR) is 96.3 cm³/mol. The SMILES string of the molecule is COCc1oc(-c2n[nH]c3cccc(Cc4ccccc4)c23)nc1C. The topological polar surface area (TPSA) is 63.9 Å². The van der Waals surface area contributed by atoms with Crippen molar-refractivity contribution < 1.29 is 9.15 Å². The Balaban J connectivity index is 1.81. The van der Waals surface area contributed by atoms with E-state index < -0.39 is 0 Å². The van der Waals surface area contributed by atoms with E-state index >= 15 is 0 Å². The Morgan fingerprint density at radius 3 is 2.72 bits per heavy atom. The molecule has 0 aliphatic carbocycles. The maximum Gasteiger partial charge on any atom is 0.248 e. The second-order valence-electron chi connectivity index (χ2n) is 6.03. The van der Waals surface area contributed by atoms with Crippen molar-refractivity contribution >= 4 is 10.9 Å². The second-order valence-corrected chi connectivity index (χ2v) is 6.03. The van der Waals surface area contributed by atoms with E-state index in [-0.39, 0.29) is 0 Å². The van der Waals surface area contributed by atoms with Crippen LogP contribution in [0.15, 0.2) is 52.9 Å². The molecule has 0 aliphatic heterocycles. The molecule has 2 aromatic carbocycles. The second kappa shape index (κ2) is 6.53. The number of oxazole rings is 1. The third kappa shape index (κ3) is 2.94. The zero-order valence-electron chi connectivity index (χ0n) is 14.2. The lowest BCUT2D eigenvalue weighted by atomic mass is 10.00. The van der Waals surface area contributed by atoms with Crippen molar-refractivity contribution in [1.82, 2.24) is 15.2 Å². The maximum absolute atomic E-state index is 5.89. The maximum atomic E-state index is 5.89. The molecule has 2 heterocycles. The molecule has 0 fully saturated rings. The van der Waals surface area contributed by atoms with E-state index in [1.165, 1.54) is 11.1 Å². The average molecular weight is 333 g/mol. The van der Waals surface area contributed by atoms with Crippen LogP contribution in [-0.4, -0.2) is 22.3 Å². The summed E-state index contributed by atoms with van der Waals surface area (Å²) in [4.78, 5) is 4.54. The summed E-state index contributed by atoms with van der Waals surface area (Å²) in [5, 5.41) is 8.61. The Kier molecular flexibility index (Phi) is 4.07. The molecular weight excluding hydrogens is 314 g/mol. The van der Waals surface area contributed by atoms with Gasteiger partial charge in [-0.25, -0.2) is 4.98 Å². The lowest BCUT2D eigenvalue weighted by Gasteiger charge is -2.04. The molecule has 0 amide bonds. The number of H-pyrrole nitrogens is 1. The molecular formula is C20H19N3O2. The van der Waals surface area contributed by atoms with Crippen LogP contribution < -0.4 is 0 Å². The van der Waals surface area contributed by atoms with Crippen molar-refractivity contribution in [2.24, 2.45) is 0 Å². The number of hydrogen-bond acceptors (Lipinski definition) is 4. The smallest absolute Gasteiger partial charge is 0.248 e. The number of aromatic nitrogens is 3. The highest BCUT2D eigenvalue weighted by molar-refractivity contribution is 5.93. The average Bonchev–Trinajstić information content (AvgIpc) is 3.21. The predicted octanol–water partition coefficient (Wildman–Crippen LogP) is 4.26. The number of aryl methyl sites for hydroxylation is 1. The molecule has 5 nitrogen and oxygen atoms in total. The number of benzene rings is 2. The summed E-state index contributed by atoms with van der Waals surface area (Å²) in [6.07, 6.45) is 0.829. The van der Waals surface area contributed by atoms with Crippen molar-refractivity contribution in [1.29, 1.82) is 0 Å². The van der Waals surface area contributed by atoms with E-state index in [0.29, 0.717) is 12.5 Å². The highest BCUT2D eigenvalue weighted by Gasteiger charge is 2.18. The van der Waals surface area contributed by atoms with Crippen molar-refractivity contribution in [3.63, 3.8) is 0 Å². The molecule has 0 unspecified atom stereocenters. The van der Waals surface area contributed by atoms with Gasteiger partial charge < -0.3 is 9.15 Å². The van der Waals surface area contributed by atoms with Crippen LogP contribution in [0.25, 0.3) is 22.5 Å². The van der Waals surface area contributed by atoms with E-state index in [9.17, 15) is 0 Å². The van der Waals surface area contributed by atoms with E-state index in [1.54, 1.807) is 7.11 Å². The highest BCUT2D eigenvalue weighted by Crippen LogP contribution is 2.31. The molecule has 4 aromatic rings. The van der Waals surface area contributed by atoms with Gasteiger partial charge in [0.25, 0.3) is 0 Å². The molecule has 1 N–H and O–H groups in total. The molecule has 0 atom stereocenters. The molecule has 5 heteroatoms. The van der Waals surface area contributed by atoms with Gasteiger partial charge in [-0.15, -0.1) is 0 Å². The first-order valence-corrected chi connectivity index (χ1v) is 8.21. The summed E-state index contributed by atoms with van der Waals surface area (Å²) >= 11 is 0. The number of ether oxygens (including phenoxy) is 1. The molecule has 0 bridgehead atoms. The summed E-state index contributed by atoms with van der Waals surface area (Å²) in [5.41, 5.74) is 5.00. The minimum absolute atomic E-state index is 0.401. The van der Waals surface area contributed by atoms with Gasteiger partial charge in [0.15, 0.2) is 11.5 Å². The standard InChI is InChI=1S/C20H19N3O2/c1-13-17(12-24-2)25-20(21-13)19-18-15(9-6-10-16(18)22-23-19)11-14-7-4-3-5-8-14/h3-10H,11-12H2,1-2H3,(H,22,23). The molecule has 0 radical (unpaired) electrons. The zero-order chi connectivity index (χ0) is 17.2. The number of fused-ring (bicyclic) bond motifs is 1. The Bertz CT molecular complexity index is 1000. The van der Waals surface area contributed by atoms with E-state index in [2.05, 4.69) is 45.5 Å². The first-order chi connectivity index (χ1) is 12.3. The molecule has 4 rings (SSSR count). The number of aromatic amines is 1. The van der Waals surface area contributed by atoms with Crippen LogP contribution in [-0.2, 0) is 17.8 Å². The van der Waals surface area contributed by atoms with Gasteiger partial charge in [0.2, 0.25) is 5.89 Å². The highest BCUT2D eigenvalue weighted by atomic mass is 16.5. The summed E-state index contributed by atoms with van der Waals surface area (Å²) in [5.74, 6) is 1.26. The quantitative estimate of drug-likeness (QED) is 0.592. The fourth-order valence-electron chi connectivity index (χ4n) is 3.06. The van der Waals surface area contributed by atoms with Gasteiger partial charge in [0, 0.05) is 12.5 Å². The molecule has 0 aliphatic rings. The summed E-state index contributed by atoms with van der Waals surface area (Å²) in [6.45, 7) is 2.32. The number of nitrogens with one attached hydrogen (secondary N) is 1. The normalized spacial score (nSPS) is 11.3. The summed E-state index contributed by atoms with van der Waals surface area (Å²) in [7, 11) is 1.64. The van der Waals surface area contributed by atoms with Gasteiger partial charge in [-0.3, -0.25) is 5.10 Å². The number of nitrogens with zero attached hydrogens (tertiary/aromatic N) is 2. The van der Waals surface area contributed by atoms with Crippen LogP contribution in [0.1, 0.15) is 22.6 Å². The van der Waals surface area contributed by atoms with Crippen molar-refractivity contribution in [2.75, 3.05) is 7.11 Å². The number of methoxy groups -OCH3 is 1. The lowest BCUT2D eigenvalue weighted by molar-refractivity contribution is 0.164. The molecule has 126 valence electrons. The molecule has 25 heavy (non-hydrogen) atoms. The Morgan fingerprint density at radius 2 is 1.92 bits per heavy atom. The van der Waals surface area contributed by atoms with Gasteiger partial charge in [0.05, 0.1) is 11.2 Å². The third-order valence-corrected chi connectivity index (χ3v) is 4.28. The fraction of sp³-hybridized carbons (Fsp3) is 0.200. The van der Waals surface area contributed by atoms with Gasteiger partial charge >= 0.3 is 0 Å². The monoisotopic (exact) mass is 333 g/mol. The van der Waals surface area contributed by atoms with Gasteiger partial charge in [-0.05, 0) is 30.5 Å². The number of rotatable bonds is 5.